The highest BCUT2D eigenvalue weighted by Crippen LogP contribution is 2.22. The molecule has 4 aromatic rings. The van der Waals surface area contributed by atoms with Gasteiger partial charge in [0.2, 0.25) is 15.0 Å². The van der Waals surface area contributed by atoms with Crippen molar-refractivity contribution in [3.63, 3.8) is 0 Å². The first-order chi connectivity index (χ1) is 13.8. The number of fused-ring (bicyclic) bond motifs is 1. The Kier molecular flexibility index (Phi) is 5.20. The molecule has 0 aliphatic heterocycles. The van der Waals surface area contributed by atoms with Crippen LogP contribution in [0.4, 0.5) is 4.39 Å². The minimum atomic E-state index is -3.71. The van der Waals surface area contributed by atoms with Crippen molar-refractivity contribution in [2.75, 3.05) is 6.54 Å². The van der Waals surface area contributed by atoms with Crippen LogP contribution < -0.4 is 4.72 Å². The van der Waals surface area contributed by atoms with Crippen LogP contribution in [0.25, 0.3) is 16.3 Å². The van der Waals surface area contributed by atoms with E-state index in [4.69, 9.17) is 0 Å². The van der Waals surface area contributed by atoms with Gasteiger partial charge in [0.15, 0.2) is 5.82 Å². The Morgan fingerprint density at radius 3 is 2.62 bits per heavy atom. The molecule has 0 saturated carbocycles. The number of benzene rings is 2. The first kappa shape index (κ1) is 19.7. The summed E-state index contributed by atoms with van der Waals surface area (Å²) in [5, 5.41) is 6.49. The van der Waals surface area contributed by atoms with E-state index in [-0.39, 0.29) is 11.4 Å². The molecule has 0 aliphatic rings. The van der Waals surface area contributed by atoms with Crippen LogP contribution in [-0.4, -0.2) is 29.6 Å². The van der Waals surface area contributed by atoms with E-state index in [0.717, 1.165) is 22.3 Å². The molecule has 0 unspecified atom stereocenters. The highest BCUT2D eigenvalue weighted by Gasteiger charge is 2.17. The fourth-order valence-electron chi connectivity index (χ4n) is 3.03. The predicted octanol–water partition coefficient (Wildman–Crippen LogP) is 3.73. The number of halogens is 1. The van der Waals surface area contributed by atoms with E-state index in [1.165, 1.54) is 29.0 Å². The van der Waals surface area contributed by atoms with E-state index >= 15 is 0 Å². The monoisotopic (exact) mass is 430 g/mol. The molecule has 9 heteroatoms. The van der Waals surface area contributed by atoms with E-state index in [1.54, 1.807) is 11.4 Å². The van der Waals surface area contributed by atoms with Gasteiger partial charge in [0.1, 0.15) is 5.82 Å². The van der Waals surface area contributed by atoms with E-state index < -0.39 is 15.8 Å². The van der Waals surface area contributed by atoms with Crippen molar-refractivity contribution < 1.29 is 12.8 Å². The molecule has 0 fully saturated rings. The molecule has 6 nitrogen and oxygen atoms in total. The molecule has 150 valence electrons. The fraction of sp³-hybridized carbons (Fsp3) is 0.200. The molecule has 29 heavy (non-hydrogen) atoms. The van der Waals surface area contributed by atoms with Gasteiger partial charge in [0, 0.05) is 23.9 Å². The summed E-state index contributed by atoms with van der Waals surface area (Å²) in [4.78, 5) is 5.39. The van der Waals surface area contributed by atoms with Crippen molar-refractivity contribution in [2.24, 2.45) is 0 Å². The Morgan fingerprint density at radius 1 is 1.14 bits per heavy atom. The van der Waals surface area contributed by atoms with Gasteiger partial charge in [-0.25, -0.2) is 22.0 Å². The third kappa shape index (κ3) is 4.07. The van der Waals surface area contributed by atoms with Gasteiger partial charge in [0.05, 0.1) is 10.6 Å². The summed E-state index contributed by atoms with van der Waals surface area (Å²) in [5.41, 5.74) is 3.34. The van der Waals surface area contributed by atoms with E-state index in [9.17, 15) is 12.8 Å². The zero-order valence-corrected chi connectivity index (χ0v) is 17.5. The van der Waals surface area contributed by atoms with Crippen LogP contribution >= 0.6 is 11.3 Å². The third-order valence-corrected chi connectivity index (χ3v) is 7.05. The zero-order valence-electron chi connectivity index (χ0n) is 15.9. The van der Waals surface area contributed by atoms with Crippen molar-refractivity contribution >= 4 is 26.3 Å². The van der Waals surface area contributed by atoms with Crippen LogP contribution in [0, 0.1) is 19.7 Å². The quantitative estimate of drug-likeness (QED) is 0.506. The number of hydrogen-bond donors (Lipinski definition) is 1. The lowest BCUT2D eigenvalue weighted by Gasteiger charge is -2.09. The van der Waals surface area contributed by atoms with Crippen LogP contribution in [0.1, 0.15) is 16.8 Å². The molecule has 0 bridgehead atoms. The van der Waals surface area contributed by atoms with Crippen molar-refractivity contribution in [1.29, 1.82) is 0 Å². The van der Waals surface area contributed by atoms with E-state index in [2.05, 4.69) is 14.8 Å². The minimum absolute atomic E-state index is 0.0804. The van der Waals surface area contributed by atoms with Crippen molar-refractivity contribution in [3.05, 3.63) is 70.5 Å². The summed E-state index contributed by atoms with van der Waals surface area (Å²) in [5.74, 6) is 0.179. The summed E-state index contributed by atoms with van der Waals surface area (Å²) in [7, 11) is -3.71. The number of thiazole rings is 1. The van der Waals surface area contributed by atoms with Gasteiger partial charge in [-0.1, -0.05) is 29.8 Å². The third-order valence-electron chi connectivity index (χ3n) is 4.56. The summed E-state index contributed by atoms with van der Waals surface area (Å²) >= 11 is 1.46. The highest BCUT2D eigenvalue weighted by atomic mass is 32.2. The number of aryl methyl sites for hydroxylation is 2. The first-order valence-electron chi connectivity index (χ1n) is 8.99. The molecule has 0 amide bonds. The fourth-order valence-corrected chi connectivity index (χ4v) is 5.14. The second-order valence-corrected chi connectivity index (χ2v) is 9.35. The number of nitrogens with one attached hydrogen (secondary N) is 1. The molecule has 1 N–H and O–H groups in total. The average molecular weight is 431 g/mol. The molecule has 0 aliphatic carbocycles. The van der Waals surface area contributed by atoms with Crippen molar-refractivity contribution in [3.8, 4) is 11.4 Å². The average Bonchev–Trinajstić information content (AvgIpc) is 3.23. The van der Waals surface area contributed by atoms with Crippen LogP contribution in [0.3, 0.4) is 0 Å². The van der Waals surface area contributed by atoms with Gasteiger partial charge in [-0.2, -0.15) is 4.98 Å². The topological polar surface area (TPSA) is 76.4 Å². The molecular weight excluding hydrogens is 411 g/mol. The second kappa shape index (κ2) is 7.66. The molecular formula is C20H19FN4O2S2. The molecule has 2 aromatic heterocycles. The van der Waals surface area contributed by atoms with Crippen LogP contribution in [-0.2, 0) is 16.4 Å². The van der Waals surface area contributed by atoms with Crippen molar-refractivity contribution in [2.45, 2.75) is 25.2 Å². The summed E-state index contributed by atoms with van der Waals surface area (Å²) in [6.45, 7) is 3.79. The summed E-state index contributed by atoms with van der Waals surface area (Å²) in [6.07, 6.45) is 0.455. The molecule has 0 atom stereocenters. The Bertz CT molecular complexity index is 1280. The minimum Gasteiger partial charge on any atom is -0.211 e. The van der Waals surface area contributed by atoms with Gasteiger partial charge in [-0.15, -0.1) is 16.4 Å². The highest BCUT2D eigenvalue weighted by molar-refractivity contribution is 7.89. The normalized spacial score (nSPS) is 12.0. The van der Waals surface area contributed by atoms with Crippen LogP contribution in [0.5, 0.6) is 0 Å². The summed E-state index contributed by atoms with van der Waals surface area (Å²) < 4.78 is 42.6. The lowest BCUT2D eigenvalue weighted by atomic mass is 10.1. The molecule has 0 radical (unpaired) electrons. The molecule has 4 rings (SSSR count). The Hall–Kier alpha value is -2.62. The molecule has 2 aromatic carbocycles. The number of rotatable bonds is 6. The number of aromatic nitrogens is 3. The largest absolute Gasteiger partial charge is 0.240 e. The maximum Gasteiger partial charge on any atom is 0.240 e. The van der Waals surface area contributed by atoms with Gasteiger partial charge in [0.25, 0.3) is 0 Å². The summed E-state index contributed by atoms with van der Waals surface area (Å²) in [6, 6.07) is 11.6. The maximum absolute atomic E-state index is 13.2. The van der Waals surface area contributed by atoms with Gasteiger partial charge < -0.3 is 0 Å². The van der Waals surface area contributed by atoms with Gasteiger partial charge in [-0.3, -0.25) is 0 Å². The smallest absolute Gasteiger partial charge is 0.211 e. The van der Waals surface area contributed by atoms with Gasteiger partial charge >= 0.3 is 0 Å². The Labute approximate surface area is 172 Å². The number of sulfonamides is 1. The standard InChI is InChI=1S/C20H19FN4O2S2/c1-13-3-5-15(6-4-13)19-23-20-25(24-19)17(12-28-20)9-10-22-29(26,27)18-8-7-16(21)11-14(18)2/h3-8,11-12,22H,9-10H2,1-2H3. The lowest BCUT2D eigenvalue weighted by molar-refractivity contribution is 0.579. The predicted molar refractivity (Wildman–Crippen MR) is 111 cm³/mol. The number of hydrogen-bond acceptors (Lipinski definition) is 5. The second-order valence-electron chi connectivity index (χ2n) is 6.78. The van der Waals surface area contributed by atoms with Crippen molar-refractivity contribution in [1.82, 2.24) is 19.3 Å². The SMILES string of the molecule is Cc1ccc(-c2nc3scc(CCNS(=O)(=O)c4ccc(F)cc4C)n3n2)cc1. The lowest BCUT2D eigenvalue weighted by Crippen LogP contribution is -2.27. The Balaban J connectivity index is 1.49. The maximum atomic E-state index is 13.2. The zero-order chi connectivity index (χ0) is 20.6. The van der Waals surface area contributed by atoms with Crippen LogP contribution in [0.2, 0.25) is 0 Å². The molecule has 0 spiro atoms. The Morgan fingerprint density at radius 2 is 1.90 bits per heavy atom. The van der Waals surface area contributed by atoms with Crippen LogP contribution in [0.15, 0.2) is 52.7 Å². The number of nitrogens with zero attached hydrogens (tertiary/aromatic N) is 3. The van der Waals surface area contributed by atoms with E-state index in [0.29, 0.717) is 17.8 Å². The van der Waals surface area contributed by atoms with Gasteiger partial charge in [-0.05, 0) is 37.6 Å². The first-order valence-corrected chi connectivity index (χ1v) is 11.4. The van der Waals surface area contributed by atoms with E-state index in [1.807, 2.05) is 36.6 Å². The molecule has 0 saturated heterocycles. The molecule has 2 heterocycles.